The van der Waals surface area contributed by atoms with Crippen molar-refractivity contribution in [2.45, 2.75) is 72.0 Å². The molecule has 0 spiro atoms. The SMILES string of the molecule is CCCCC(C)(OCCC)C(=O)Nc1ccc(OC(C)C)cc1C#N. The highest BCUT2D eigenvalue weighted by molar-refractivity contribution is 5.98. The fraction of sp³-hybridized carbons (Fsp3) is 0.600. The number of nitrogens with zero attached hydrogens (tertiary/aromatic N) is 1. The average Bonchev–Trinajstić information content (AvgIpc) is 2.58. The zero-order chi connectivity index (χ0) is 18.9. The van der Waals surface area contributed by atoms with Gasteiger partial charge in [0, 0.05) is 12.7 Å². The van der Waals surface area contributed by atoms with E-state index in [4.69, 9.17) is 9.47 Å². The second-order valence-corrected chi connectivity index (χ2v) is 6.62. The maximum absolute atomic E-state index is 12.8. The molecule has 0 saturated heterocycles. The van der Waals surface area contributed by atoms with Gasteiger partial charge < -0.3 is 14.8 Å². The summed E-state index contributed by atoms with van der Waals surface area (Å²) < 4.78 is 11.4. The molecule has 0 heterocycles. The van der Waals surface area contributed by atoms with Gasteiger partial charge in [-0.2, -0.15) is 5.26 Å². The van der Waals surface area contributed by atoms with E-state index >= 15 is 0 Å². The topological polar surface area (TPSA) is 71.3 Å². The lowest BCUT2D eigenvalue weighted by Crippen LogP contribution is -2.43. The Morgan fingerprint density at radius 1 is 1.32 bits per heavy atom. The van der Waals surface area contributed by atoms with Crippen LogP contribution in [0.5, 0.6) is 5.75 Å². The first-order valence-electron chi connectivity index (χ1n) is 9.02. The van der Waals surface area contributed by atoms with Gasteiger partial charge in [-0.1, -0.05) is 26.7 Å². The van der Waals surface area contributed by atoms with Crippen molar-refractivity contribution in [1.29, 1.82) is 5.26 Å². The molecule has 0 bridgehead atoms. The van der Waals surface area contributed by atoms with Crippen LogP contribution in [0.15, 0.2) is 18.2 Å². The van der Waals surface area contributed by atoms with E-state index in [1.165, 1.54) is 0 Å². The van der Waals surface area contributed by atoms with Crippen LogP contribution in [0.3, 0.4) is 0 Å². The van der Waals surface area contributed by atoms with E-state index in [9.17, 15) is 10.1 Å². The third kappa shape index (κ3) is 6.39. The summed E-state index contributed by atoms with van der Waals surface area (Å²) in [6.45, 7) is 10.3. The summed E-state index contributed by atoms with van der Waals surface area (Å²) in [6.07, 6.45) is 3.40. The maximum Gasteiger partial charge on any atom is 0.256 e. The lowest BCUT2D eigenvalue weighted by molar-refractivity contribution is -0.140. The number of carbonyl (C=O) groups is 1. The Labute approximate surface area is 151 Å². The smallest absolute Gasteiger partial charge is 0.256 e. The summed E-state index contributed by atoms with van der Waals surface area (Å²) in [5, 5.41) is 12.2. The van der Waals surface area contributed by atoms with Crippen molar-refractivity contribution >= 4 is 11.6 Å². The molecule has 1 atom stereocenters. The van der Waals surface area contributed by atoms with Crippen molar-refractivity contribution in [1.82, 2.24) is 0 Å². The number of amides is 1. The van der Waals surface area contributed by atoms with Crippen LogP contribution in [0.25, 0.3) is 0 Å². The number of nitriles is 1. The Morgan fingerprint density at radius 3 is 2.60 bits per heavy atom. The summed E-state index contributed by atoms with van der Waals surface area (Å²) in [5.41, 5.74) is -0.0440. The largest absolute Gasteiger partial charge is 0.491 e. The molecule has 5 nitrogen and oxygen atoms in total. The number of hydrogen-bond donors (Lipinski definition) is 1. The molecule has 0 saturated carbocycles. The molecular weight excluding hydrogens is 316 g/mol. The summed E-state index contributed by atoms with van der Waals surface area (Å²) in [7, 11) is 0. The lowest BCUT2D eigenvalue weighted by atomic mass is 9.97. The van der Waals surface area contributed by atoms with Crippen LogP contribution in [0.1, 0.15) is 65.9 Å². The highest BCUT2D eigenvalue weighted by Gasteiger charge is 2.33. The predicted molar refractivity (Wildman–Crippen MR) is 99.7 cm³/mol. The molecule has 1 N–H and O–H groups in total. The average molecular weight is 346 g/mol. The van der Waals surface area contributed by atoms with Crippen molar-refractivity contribution in [3.8, 4) is 11.8 Å². The Hall–Kier alpha value is -2.06. The van der Waals surface area contributed by atoms with Crippen LogP contribution in [0, 0.1) is 11.3 Å². The minimum absolute atomic E-state index is 0.0202. The third-order valence-electron chi connectivity index (χ3n) is 3.84. The molecule has 1 amide bonds. The number of nitrogens with one attached hydrogen (secondary N) is 1. The number of unbranched alkanes of at least 4 members (excludes halogenated alkanes) is 1. The van der Waals surface area contributed by atoms with Crippen molar-refractivity contribution < 1.29 is 14.3 Å². The fourth-order valence-corrected chi connectivity index (χ4v) is 2.42. The molecule has 0 aromatic heterocycles. The van der Waals surface area contributed by atoms with Gasteiger partial charge in [-0.3, -0.25) is 4.79 Å². The van der Waals surface area contributed by atoms with Crippen molar-refractivity contribution in [3.05, 3.63) is 23.8 Å². The molecule has 0 aliphatic carbocycles. The van der Waals surface area contributed by atoms with E-state index in [0.717, 1.165) is 19.3 Å². The molecule has 0 aliphatic rings. The first kappa shape index (κ1) is 21.0. The summed E-state index contributed by atoms with van der Waals surface area (Å²) in [6, 6.07) is 7.22. The van der Waals surface area contributed by atoms with E-state index in [1.54, 1.807) is 18.2 Å². The van der Waals surface area contributed by atoms with Gasteiger partial charge in [0.2, 0.25) is 0 Å². The zero-order valence-electron chi connectivity index (χ0n) is 16.0. The van der Waals surface area contributed by atoms with Gasteiger partial charge in [-0.25, -0.2) is 0 Å². The Balaban J connectivity index is 2.97. The first-order valence-corrected chi connectivity index (χ1v) is 9.02. The predicted octanol–water partition coefficient (Wildman–Crippen LogP) is 4.66. The van der Waals surface area contributed by atoms with E-state index in [0.29, 0.717) is 30.0 Å². The monoisotopic (exact) mass is 346 g/mol. The number of carbonyl (C=O) groups excluding carboxylic acids is 1. The van der Waals surface area contributed by atoms with Crippen LogP contribution in [-0.4, -0.2) is 24.2 Å². The van der Waals surface area contributed by atoms with Crippen LogP contribution in [0.4, 0.5) is 5.69 Å². The second kappa shape index (κ2) is 10.0. The summed E-state index contributed by atoms with van der Waals surface area (Å²) >= 11 is 0. The highest BCUT2D eigenvalue weighted by Crippen LogP contribution is 2.26. The number of hydrogen-bond acceptors (Lipinski definition) is 4. The third-order valence-corrected chi connectivity index (χ3v) is 3.84. The van der Waals surface area contributed by atoms with E-state index in [-0.39, 0.29) is 12.0 Å². The van der Waals surface area contributed by atoms with Gasteiger partial charge >= 0.3 is 0 Å². The first-order chi connectivity index (χ1) is 11.9. The number of anilines is 1. The molecule has 1 aromatic rings. The van der Waals surface area contributed by atoms with E-state index in [1.807, 2.05) is 27.7 Å². The van der Waals surface area contributed by atoms with Gasteiger partial charge in [0.1, 0.15) is 17.4 Å². The van der Waals surface area contributed by atoms with E-state index < -0.39 is 5.60 Å². The standard InChI is InChI=1S/C20H30N2O3/c1-6-8-11-20(5,24-12-7-2)19(23)22-18-10-9-17(25-15(3)4)13-16(18)14-21/h9-10,13,15H,6-8,11-12H2,1-5H3,(H,22,23). The van der Waals surface area contributed by atoms with Crippen molar-refractivity contribution in [2.75, 3.05) is 11.9 Å². The minimum Gasteiger partial charge on any atom is -0.491 e. The Bertz CT molecular complexity index is 597. The summed E-state index contributed by atoms with van der Waals surface area (Å²) in [4.78, 5) is 12.8. The van der Waals surface area contributed by atoms with Gasteiger partial charge in [0.25, 0.3) is 5.91 Å². The number of ether oxygens (including phenoxy) is 2. The van der Waals surface area contributed by atoms with Gasteiger partial charge in [-0.05, 0) is 45.7 Å². The molecule has 0 fully saturated rings. The molecule has 1 aromatic carbocycles. The fourth-order valence-electron chi connectivity index (χ4n) is 2.42. The van der Waals surface area contributed by atoms with Crippen molar-refractivity contribution in [3.63, 3.8) is 0 Å². The molecule has 1 rings (SSSR count). The molecule has 0 radical (unpaired) electrons. The number of rotatable bonds is 10. The van der Waals surface area contributed by atoms with Crippen LogP contribution in [0.2, 0.25) is 0 Å². The van der Waals surface area contributed by atoms with E-state index in [2.05, 4.69) is 18.3 Å². The molecule has 0 aliphatic heterocycles. The zero-order valence-corrected chi connectivity index (χ0v) is 16.0. The molecule has 25 heavy (non-hydrogen) atoms. The van der Waals surface area contributed by atoms with Gasteiger partial charge in [-0.15, -0.1) is 0 Å². The van der Waals surface area contributed by atoms with Crippen LogP contribution >= 0.6 is 0 Å². The maximum atomic E-state index is 12.8. The van der Waals surface area contributed by atoms with Gasteiger partial charge in [0.05, 0.1) is 17.4 Å². The number of benzene rings is 1. The highest BCUT2D eigenvalue weighted by atomic mass is 16.5. The molecule has 138 valence electrons. The molecule has 1 unspecified atom stereocenters. The van der Waals surface area contributed by atoms with Crippen LogP contribution < -0.4 is 10.1 Å². The van der Waals surface area contributed by atoms with Crippen LogP contribution in [-0.2, 0) is 9.53 Å². The lowest BCUT2D eigenvalue weighted by Gasteiger charge is -2.29. The molecule has 5 heteroatoms. The Morgan fingerprint density at radius 2 is 2.04 bits per heavy atom. The normalized spacial score (nSPS) is 13.2. The molecular formula is C20H30N2O3. The van der Waals surface area contributed by atoms with Gasteiger partial charge in [0.15, 0.2) is 0 Å². The summed E-state index contributed by atoms with van der Waals surface area (Å²) in [5.74, 6) is 0.393. The Kier molecular flexibility index (Phi) is 8.44. The quantitative estimate of drug-likeness (QED) is 0.669. The second-order valence-electron chi connectivity index (χ2n) is 6.62. The van der Waals surface area contributed by atoms with Crippen molar-refractivity contribution in [2.24, 2.45) is 0 Å². The minimum atomic E-state index is -0.897.